The van der Waals surface area contributed by atoms with Gasteiger partial charge in [-0.1, -0.05) is 0 Å². The Hall–Kier alpha value is -0.620. The van der Waals surface area contributed by atoms with Gasteiger partial charge in [0, 0.05) is 13.5 Å². The average Bonchev–Trinajstić information content (AvgIpc) is 1.99. The Bertz CT molecular complexity index is 285. The second-order valence-electron chi connectivity index (χ2n) is 3.04. The molecule has 1 heterocycles. The summed E-state index contributed by atoms with van der Waals surface area (Å²) in [7, 11) is -2.96. The minimum atomic E-state index is -2.96. The lowest BCUT2D eigenvalue weighted by atomic mass is 10.4. The molecule has 1 aliphatic rings. The summed E-state index contributed by atoms with van der Waals surface area (Å²) in [5, 5.41) is 2.52. The number of nitrogens with one attached hydrogen (secondary N) is 1. The molecule has 1 aliphatic heterocycles. The molecule has 1 unspecified atom stereocenters. The number of amides is 1. The average molecular weight is 207 g/mol. The van der Waals surface area contributed by atoms with Crippen LogP contribution >= 0.6 is 0 Å². The number of rotatable bonds is 2. The Kier molecular flexibility index (Phi) is 3.27. The number of hydrogen-bond donors (Lipinski definition) is 1. The quantitative estimate of drug-likeness (QED) is 0.626. The summed E-state index contributed by atoms with van der Waals surface area (Å²) >= 11 is 0. The highest BCUT2D eigenvalue weighted by atomic mass is 32.2. The van der Waals surface area contributed by atoms with Crippen LogP contribution in [0, 0.1) is 0 Å². The fourth-order valence-electron chi connectivity index (χ4n) is 1.13. The molecule has 0 saturated carbocycles. The van der Waals surface area contributed by atoms with Crippen LogP contribution in [0.25, 0.3) is 0 Å². The lowest BCUT2D eigenvalue weighted by molar-refractivity contribution is -0.119. The zero-order valence-electron chi connectivity index (χ0n) is 7.45. The van der Waals surface area contributed by atoms with E-state index in [2.05, 4.69) is 5.32 Å². The molecule has 5 nitrogen and oxygen atoms in total. The van der Waals surface area contributed by atoms with Crippen molar-refractivity contribution in [1.29, 1.82) is 0 Å². The number of hydrogen-bond acceptors (Lipinski definition) is 4. The molecule has 76 valence electrons. The van der Waals surface area contributed by atoms with Crippen molar-refractivity contribution in [2.75, 3.05) is 24.7 Å². The first-order valence-corrected chi connectivity index (χ1v) is 5.88. The van der Waals surface area contributed by atoms with Gasteiger partial charge in [-0.25, -0.2) is 8.42 Å². The number of carbonyl (C=O) groups excluding carboxylic acids is 1. The van der Waals surface area contributed by atoms with E-state index in [1.807, 2.05) is 0 Å². The van der Waals surface area contributed by atoms with E-state index >= 15 is 0 Å². The van der Waals surface area contributed by atoms with Gasteiger partial charge in [-0.05, 0) is 0 Å². The van der Waals surface area contributed by atoms with Crippen LogP contribution in [0.15, 0.2) is 0 Å². The van der Waals surface area contributed by atoms with Gasteiger partial charge in [0.1, 0.15) is 0 Å². The summed E-state index contributed by atoms with van der Waals surface area (Å²) in [6.45, 7) is 1.89. The fourth-order valence-corrected chi connectivity index (χ4v) is 2.43. The molecule has 0 spiro atoms. The van der Waals surface area contributed by atoms with E-state index in [0.29, 0.717) is 0 Å². The molecule has 13 heavy (non-hydrogen) atoms. The summed E-state index contributed by atoms with van der Waals surface area (Å²) in [6, 6.07) is 0. The number of ether oxygens (including phenoxy) is 1. The standard InChI is InChI=1S/C7H13NO4S/c1-6(9)8-4-7-5-13(10,11)3-2-12-7/h7H,2-5H2,1H3,(H,8,9). The van der Waals surface area contributed by atoms with Crippen molar-refractivity contribution in [3.05, 3.63) is 0 Å². The third-order valence-corrected chi connectivity index (χ3v) is 3.43. The molecule has 0 aromatic heterocycles. The van der Waals surface area contributed by atoms with E-state index in [9.17, 15) is 13.2 Å². The third kappa shape index (κ3) is 3.73. The number of sulfone groups is 1. The maximum Gasteiger partial charge on any atom is 0.216 e. The van der Waals surface area contributed by atoms with Crippen molar-refractivity contribution in [3.63, 3.8) is 0 Å². The predicted molar refractivity (Wildman–Crippen MR) is 47.1 cm³/mol. The molecule has 0 aromatic rings. The molecule has 1 fully saturated rings. The SMILES string of the molecule is CC(=O)NCC1CS(=O)(=O)CCO1. The number of carbonyl (C=O) groups is 1. The Labute approximate surface area is 77.4 Å². The van der Waals surface area contributed by atoms with E-state index in [4.69, 9.17) is 4.74 Å². The summed E-state index contributed by atoms with van der Waals surface area (Å²) in [4.78, 5) is 10.5. The van der Waals surface area contributed by atoms with Crippen LogP contribution in [-0.4, -0.2) is 45.1 Å². The monoisotopic (exact) mass is 207 g/mol. The van der Waals surface area contributed by atoms with Crippen LogP contribution in [0.4, 0.5) is 0 Å². The summed E-state index contributed by atoms with van der Waals surface area (Å²) in [5.74, 6) is -0.0804. The van der Waals surface area contributed by atoms with Gasteiger partial charge in [0.05, 0.1) is 24.2 Å². The molecule has 6 heteroatoms. The van der Waals surface area contributed by atoms with Crippen LogP contribution in [0.1, 0.15) is 6.92 Å². The van der Waals surface area contributed by atoms with Gasteiger partial charge < -0.3 is 10.1 Å². The van der Waals surface area contributed by atoms with E-state index in [0.717, 1.165) is 0 Å². The van der Waals surface area contributed by atoms with Gasteiger partial charge in [0.15, 0.2) is 9.84 Å². The van der Waals surface area contributed by atoms with Crippen molar-refractivity contribution in [3.8, 4) is 0 Å². The maximum absolute atomic E-state index is 11.1. The summed E-state index contributed by atoms with van der Waals surface area (Å²) in [6.07, 6.45) is -0.386. The molecule has 0 aliphatic carbocycles. The molecule has 1 rings (SSSR count). The maximum atomic E-state index is 11.1. The highest BCUT2D eigenvalue weighted by Gasteiger charge is 2.25. The molecule has 0 radical (unpaired) electrons. The van der Waals surface area contributed by atoms with Crippen LogP contribution in [-0.2, 0) is 19.4 Å². The fraction of sp³-hybridized carbons (Fsp3) is 0.857. The Balaban J connectivity index is 2.39. The second-order valence-corrected chi connectivity index (χ2v) is 5.27. The highest BCUT2D eigenvalue weighted by Crippen LogP contribution is 2.05. The van der Waals surface area contributed by atoms with E-state index in [1.54, 1.807) is 0 Å². The topological polar surface area (TPSA) is 72.5 Å². The van der Waals surface area contributed by atoms with Gasteiger partial charge in [-0.3, -0.25) is 4.79 Å². The first-order valence-electron chi connectivity index (χ1n) is 4.06. The molecular formula is C7H13NO4S. The minimum Gasteiger partial charge on any atom is -0.374 e. The molecule has 0 aromatic carbocycles. The Morgan fingerprint density at radius 1 is 1.62 bits per heavy atom. The summed E-state index contributed by atoms with van der Waals surface area (Å²) in [5.41, 5.74) is 0. The van der Waals surface area contributed by atoms with Crippen LogP contribution in [0.2, 0.25) is 0 Å². The zero-order valence-corrected chi connectivity index (χ0v) is 8.26. The lowest BCUT2D eigenvalue weighted by Crippen LogP contribution is -2.42. The van der Waals surface area contributed by atoms with Crippen molar-refractivity contribution in [1.82, 2.24) is 5.32 Å². The zero-order chi connectivity index (χ0) is 9.90. The normalized spacial score (nSPS) is 26.7. The third-order valence-electron chi connectivity index (χ3n) is 1.77. The molecule has 1 atom stereocenters. The molecule has 1 amide bonds. The Morgan fingerprint density at radius 2 is 2.31 bits per heavy atom. The van der Waals surface area contributed by atoms with E-state index in [-0.39, 0.29) is 36.7 Å². The van der Waals surface area contributed by atoms with Gasteiger partial charge in [-0.2, -0.15) is 0 Å². The molecule has 1 N–H and O–H groups in total. The second kappa shape index (κ2) is 4.06. The smallest absolute Gasteiger partial charge is 0.216 e. The van der Waals surface area contributed by atoms with Crippen LogP contribution in [0.5, 0.6) is 0 Å². The minimum absolute atomic E-state index is 0.00722. The molecule has 0 bridgehead atoms. The summed E-state index contributed by atoms with van der Waals surface area (Å²) < 4.78 is 27.4. The largest absolute Gasteiger partial charge is 0.374 e. The van der Waals surface area contributed by atoms with E-state index in [1.165, 1.54) is 6.92 Å². The highest BCUT2D eigenvalue weighted by molar-refractivity contribution is 7.91. The van der Waals surface area contributed by atoms with Crippen molar-refractivity contribution >= 4 is 15.7 Å². The Morgan fingerprint density at radius 3 is 2.85 bits per heavy atom. The molecule has 1 saturated heterocycles. The van der Waals surface area contributed by atoms with Crippen molar-refractivity contribution in [2.24, 2.45) is 0 Å². The van der Waals surface area contributed by atoms with Crippen molar-refractivity contribution < 1.29 is 17.9 Å². The molecular weight excluding hydrogens is 194 g/mol. The first kappa shape index (κ1) is 10.5. The first-order chi connectivity index (χ1) is 5.99. The van der Waals surface area contributed by atoms with Gasteiger partial charge in [0.25, 0.3) is 0 Å². The van der Waals surface area contributed by atoms with Crippen molar-refractivity contribution in [2.45, 2.75) is 13.0 Å². The lowest BCUT2D eigenvalue weighted by Gasteiger charge is -2.22. The van der Waals surface area contributed by atoms with E-state index < -0.39 is 9.84 Å². The van der Waals surface area contributed by atoms with Gasteiger partial charge in [-0.15, -0.1) is 0 Å². The predicted octanol–water partition coefficient (Wildman–Crippen LogP) is -1.06. The van der Waals surface area contributed by atoms with Gasteiger partial charge >= 0.3 is 0 Å². The van der Waals surface area contributed by atoms with Crippen LogP contribution < -0.4 is 5.32 Å². The van der Waals surface area contributed by atoms with Gasteiger partial charge in [0.2, 0.25) is 5.91 Å². The van der Waals surface area contributed by atoms with Crippen LogP contribution in [0.3, 0.4) is 0 Å².